The van der Waals surface area contributed by atoms with E-state index in [1.807, 2.05) is 6.92 Å². The van der Waals surface area contributed by atoms with Crippen molar-refractivity contribution in [2.75, 3.05) is 5.32 Å². The minimum absolute atomic E-state index is 0.296. The highest BCUT2D eigenvalue weighted by atomic mass is 32.1. The van der Waals surface area contributed by atoms with Crippen LogP contribution in [-0.2, 0) is 6.42 Å². The number of aromatic nitrogens is 3. The molecule has 2 heterocycles. The molecule has 0 aliphatic heterocycles. The van der Waals surface area contributed by atoms with Crippen LogP contribution >= 0.6 is 11.3 Å². The normalized spacial score (nSPS) is 10.9. The second-order valence-corrected chi connectivity index (χ2v) is 5.83. The van der Waals surface area contributed by atoms with Crippen LogP contribution in [0.25, 0.3) is 10.9 Å². The molecule has 3 rings (SSSR count). The summed E-state index contributed by atoms with van der Waals surface area (Å²) in [5, 5.41) is 12.6. The van der Waals surface area contributed by atoms with Crippen LogP contribution in [0.1, 0.15) is 28.0 Å². The highest BCUT2D eigenvalue weighted by Crippen LogP contribution is 2.20. The number of benzene rings is 1. The minimum Gasteiger partial charge on any atom is -0.296 e. The van der Waals surface area contributed by atoms with Crippen LogP contribution in [0.3, 0.4) is 0 Å². The van der Waals surface area contributed by atoms with Gasteiger partial charge in [0.1, 0.15) is 10.8 Å². The molecule has 0 atom stereocenters. The molecular formula is C15H13FN4OS. The Morgan fingerprint density at radius 1 is 1.32 bits per heavy atom. The lowest BCUT2D eigenvalue weighted by Crippen LogP contribution is -2.14. The first-order valence-corrected chi connectivity index (χ1v) is 7.59. The lowest BCUT2D eigenvalue weighted by Gasteiger charge is -2.07. The number of nitrogens with zero attached hydrogens (tertiary/aromatic N) is 3. The SMILES string of the molecule is CCc1nnc(NC(=O)c2cc3ccc(F)cc3nc2C)s1. The van der Waals surface area contributed by atoms with Gasteiger partial charge in [0.05, 0.1) is 16.8 Å². The summed E-state index contributed by atoms with van der Waals surface area (Å²) >= 11 is 1.34. The minimum atomic E-state index is -0.349. The first-order valence-electron chi connectivity index (χ1n) is 6.77. The molecule has 0 aliphatic rings. The van der Waals surface area contributed by atoms with Crippen LogP contribution in [0.2, 0.25) is 0 Å². The molecule has 112 valence electrons. The lowest BCUT2D eigenvalue weighted by atomic mass is 10.1. The summed E-state index contributed by atoms with van der Waals surface area (Å²) in [6.45, 7) is 3.69. The number of hydrogen-bond donors (Lipinski definition) is 1. The van der Waals surface area contributed by atoms with Crippen LogP contribution in [0.15, 0.2) is 24.3 Å². The van der Waals surface area contributed by atoms with Crippen molar-refractivity contribution in [2.24, 2.45) is 0 Å². The predicted octanol–water partition coefficient (Wildman–Crippen LogP) is 3.35. The standard InChI is InChI=1S/C15H13FN4OS/c1-3-13-19-20-15(22-13)18-14(21)11-6-9-4-5-10(16)7-12(9)17-8(11)2/h4-7H,3H2,1-2H3,(H,18,20,21). The average Bonchev–Trinajstić information content (AvgIpc) is 2.94. The zero-order valence-corrected chi connectivity index (χ0v) is 12.9. The van der Waals surface area contributed by atoms with E-state index in [-0.39, 0.29) is 11.7 Å². The summed E-state index contributed by atoms with van der Waals surface area (Å²) in [6.07, 6.45) is 0.773. The largest absolute Gasteiger partial charge is 0.296 e. The summed E-state index contributed by atoms with van der Waals surface area (Å²) in [4.78, 5) is 16.6. The van der Waals surface area contributed by atoms with Crippen LogP contribution in [0.5, 0.6) is 0 Å². The van der Waals surface area contributed by atoms with Crippen molar-refractivity contribution in [1.82, 2.24) is 15.2 Å². The van der Waals surface area contributed by atoms with Gasteiger partial charge in [-0.1, -0.05) is 18.3 Å². The van der Waals surface area contributed by atoms with Crippen molar-refractivity contribution in [1.29, 1.82) is 0 Å². The Morgan fingerprint density at radius 3 is 2.86 bits per heavy atom. The third-order valence-corrected chi connectivity index (χ3v) is 4.19. The van der Waals surface area contributed by atoms with Gasteiger partial charge in [-0.05, 0) is 31.5 Å². The quantitative estimate of drug-likeness (QED) is 0.804. The number of fused-ring (bicyclic) bond motifs is 1. The van der Waals surface area contributed by atoms with Gasteiger partial charge in [-0.2, -0.15) is 0 Å². The zero-order valence-electron chi connectivity index (χ0n) is 12.1. The van der Waals surface area contributed by atoms with Crippen molar-refractivity contribution >= 4 is 33.3 Å². The molecule has 22 heavy (non-hydrogen) atoms. The predicted molar refractivity (Wildman–Crippen MR) is 83.7 cm³/mol. The van der Waals surface area contributed by atoms with Gasteiger partial charge in [0.25, 0.3) is 5.91 Å². The fourth-order valence-electron chi connectivity index (χ4n) is 2.08. The molecule has 0 saturated carbocycles. The Morgan fingerprint density at radius 2 is 2.14 bits per heavy atom. The molecule has 3 aromatic rings. The summed E-state index contributed by atoms with van der Waals surface area (Å²) in [6, 6.07) is 6.00. The molecule has 7 heteroatoms. The Balaban J connectivity index is 1.93. The number of amides is 1. The van der Waals surface area contributed by atoms with E-state index in [1.54, 1.807) is 19.1 Å². The van der Waals surface area contributed by atoms with Gasteiger partial charge in [0, 0.05) is 11.5 Å². The van der Waals surface area contributed by atoms with Crippen LogP contribution < -0.4 is 5.32 Å². The van der Waals surface area contributed by atoms with E-state index < -0.39 is 0 Å². The highest BCUT2D eigenvalue weighted by Gasteiger charge is 2.14. The summed E-state index contributed by atoms with van der Waals surface area (Å²) in [5.41, 5.74) is 1.50. The van der Waals surface area contributed by atoms with Gasteiger partial charge in [-0.25, -0.2) is 4.39 Å². The van der Waals surface area contributed by atoms with Crippen molar-refractivity contribution in [2.45, 2.75) is 20.3 Å². The molecule has 0 spiro atoms. The van der Waals surface area contributed by atoms with Gasteiger partial charge < -0.3 is 0 Å². The number of carbonyl (C=O) groups excluding carboxylic acids is 1. The fourth-order valence-corrected chi connectivity index (χ4v) is 2.75. The van der Waals surface area contributed by atoms with Crippen LogP contribution in [0.4, 0.5) is 9.52 Å². The summed E-state index contributed by atoms with van der Waals surface area (Å²) < 4.78 is 13.2. The Bertz CT molecular complexity index is 862. The molecule has 0 saturated heterocycles. The smallest absolute Gasteiger partial charge is 0.259 e. The fraction of sp³-hybridized carbons (Fsp3) is 0.200. The number of aryl methyl sites for hydroxylation is 2. The number of halogens is 1. The maximum absolute atomic E-state index is 13.2. The first kappa shape index (κ1) is 14.5. The molecule has 0 bridgehead atoms. The summed E-state index contributed by atoms with van der Waals surface area (Å²) in [5.74, 6) is -0.646. The van der Waals surface area contributed by atoms with Gasteiger partial charge in [-0.15, -0.1) is 10.2 Å². The molecular weight excluding hydrogens is 303 g/mol. The van der Waals surface area contributed by atoms with E-state index in [0.29, 0.717) is 27.3 Å². The Labute approximate surface area is 130 Å². The molecule has 0 aliphatic carbocycles. The maximum atomic E-state index is 13.2. The van der Waals surface area contributed by atoms with Crippen molar-refractivity contribution < 1.29 is 9.18 Å². The first-order chi connectivity index (χ1) is 10.6. The molecule has 1 N–H and O–H groups in total. The molecule has 1 amide bonds. The van der Waals surface area contributed by atoms with Gasteiger partial charge in [-0.3, -0.25) is 15.1 Å². The maximum Gasteiger partial charge on any atom is 0.259 e. The van der Waals surface area contributed by atoms with Gasteiger partial charge >= 0.3 is 0 Å². The van der Waals surface area contributed by atoms with E-state index in [9.17, 15) is 9.18 Å². The number of anilines is 1. The summed E-state index contributed by atoms with van der Waals surface area (Å²) in [7, 11) is 0. The van der Waals surface area contributed by atoms with Crippen molar-refractivity contribution in [3.8, 4) is 0 Å². The molecule has 2 aromatic heterocycles. The second-order valence-electron chi connectivity index (χ2n) is 4.77. The third kappa shape index (κ3) is 2.80. The van der Waals surface area contributed by atoms with Crippen LogP contribution in [-0.4, -0.2) is 21.1 Å². The number of hydrogen-bond acceptors (Lipinski definition) is 5. The molecule has 5 nitrogen and oxygen atoms in total. The third-order valence-electron chi connectivity index (χ3n) is 3.20. The number of rotatable bonds is 3. The second kappa shape index (κ2) is 5.76. The van der Waals surface area contributed by atoms with E-state index in [1.165, 1.54) is 23.5 Å². The number of carbonyl (C=O) groups is 1. The van der Waals surface area contributed by atoms with E-state index in [4.69, 9.17) is 0 Å². The molecule has 0 radical (unpaired) electrons. The molecule has 0 unspecified atom stereocenters. The van der Waals surface area contributed by atoms with E-state index >= 15 is 0 Å². The Kier molecular flexibility index (Phi) is 3.81. The van der Waals surface area contributed by atoms with Gasteiger partial charge in [0.15, 0.2) is 0 Å². The van der Waals surface area contributed by atoms with E-state index in [2.05, 4.69) is 20.5 Å². The van der Waals surface area contributed by atoms with E-state index in [0.717, 1.165) is 11.4 Å². The van der Waals surface area contributed by atoms with Crippen LogP contribution in [0, 0.1) is 12.7 Å². The average molecular weight is 316 g/mol. The number of nitrogens with one attached hydrogen (secondary N) is 1. The van der Waals surface area contributed by atoms with Crippen molar-refractivity contribution in [3.05, 3.63) is 46.3 Å². The monoisotopic (exact) mass is 316 g/mol. The lowest BCUT2D eigenvalue weighted by molar-refractivity contribution is 0.102. The van der Waals surface area contributed by atoms with Gasteiger partial charge in [0.2, 0.25) is 5.13 Å². The Hall–Kier alpha value is -2.41. The molecule has 1 aromatic carbocycles. The highest BCUT2D eigenvalue weighted by molar-refractivity contribution is 7.15. The zero-order chi connectivity index (χ0) is 15.7. The van der Waals surface area contributed by atoms with Crippen molar-refractivity contribution in [3.63, 3.8) is 0 Å². The topological polar surface area (TPSA) is 67.8 Å². The number of pyridine rings is 1. The molecule has 0 fully saturated rings.